The number of piperidine rings is 1. The van der Waals surface area contributed by atoms with Crippen molar-refractivity contribution in [1.29, 1.82) is 0 Å². The van der Waals surface area contributed by atoms with Crippen molar-refractivity contribution in [1.82, 2.24) is 38.4 Å². The van der Waals surface area contributed by atoms with Crippen molar-refractivity contribution in [2.24, 2.45) is 0 Å². The molecule has 5 aromatic heterocycles. The quantitative estimate of drug-likeness (QED) is 0.253. The minimum Gasteiger partial charge on any atom is -0.505 e. The number of pyridine rings is 2. The number of nitrogens with one attached hydrogen (secondary N) is 1. The number of rotatable bonds is 5. The lowest BCUT2D eigenvalue weighted by molar-refractivity contribution is -0.137. The molecule has 1 fully saturated rings. The first kappa shape index (κ1) is 33.3. The van der Waals surface area contributed by atoms with Crippen LogP contribution in [0.25, 0.3) is 22.8 Å². The van der Waals surface area contributed by atoms with Crippen LogP contribution >= 0.6 is 11.6 Å². The third-order valence-corrected chi connectivity index (χ3v) is 9.72. The number of carbonyl (C=O) groups is 2. The Bertz CT molecular complexity index is 2490. The van der Waals surface area contributed by atoms with E-state index in [1.807, 2.05) is 0 Å². The first-order valence-electron chi connectivity index (χ1n) is 16.1. The normalized spacial score (nSPS) is 16.9. The van der Waals surface area contributed by atoms with E-state index in [2.05, 4.69) is 25.4 Å². The number of aromatic hydroxyl groups is 1. The highest BCUT2D eigenvalue weighted by Crippen LogP contribution is 2.48. The predicted octanol–water partition coefficient (Wildman–Crippen LogP) is 4.84. The maximum absolute atomic E-state index is 14.4. The fourth-order valence-corrected chi connectivity index (χ4v) is 7.21. The standard InChI is InChI=1S/C34H27ClF3N9O5/c1-18-28-26(33(52-18)7-12-45(13-8-33)31(51)27-23(48)3-2-9-40-27)30(50)47-32(42-29(43-47)19-6-11-44-14-10-39-24(44)15-19)46(28)17-25(49)41-22-5-4-20(16-21(22)35)34(36,37)38/h2-6,9-11,14-16,18,48H,7-8,12-13,17H2,1H3,(H,41,49)/t18-/m1/s1. The van der Waals surface area contributed by atoms with Gasteiger partial charge >= 0.3 is 6.18 Å². The number of hydrogen-bond acceptors (Lipinski definition) is 9. The van der Waals surface area contributed by atoms with Gasteiger partial charge in [0.25, 0.3) is 11.5 Å². The molecule has 2 amide bonds. The van der Waals surface area contributed by atoms with Crippen LogP contribution in [0.4, 0.5) is 18.9 Å². The molecular formula is C34H27ClF3N9O5. The van der Waals surface area contributed by atoms with Crippen molar-refractivity contribution < 1.29 is 32.6 Å². The van der Waals surface area contributed by atoms with E-state index in [9.17, 15) is 32.7 Å². The van der Waals surface area contributed by atoms with E-state index in [0.717, 1.165) is 22.7 Å². The Morgan fingerprint density at radius 1 is 1.10 bits per heavy atom. The number of fused-ring (bicyclic) bond motifs is 4. The van der Waals surface area contributed by atoms with Gasteiger partial charge in [-0.15, -0.1) is 5.10 Å². The molecule has 1 aromatic carbocycles. The second-order valence-corrected chi connectivity index (χ2v) is 13.0. The molecule has 8 rings (SSSR count). The van der Waals surface area contributed by atoms with Gasteiger partial charge in [0.2, 0.25) is 11.7 Å². The summed E-state index contributed by atoms with van der Waals surface area (Å²) < 4.78 is 50.7. The molecule has 2 N–H and O–H groups in total. The average Bonchev–Trinajstić information content (AvgIpc) is 3.84. The van der Waals surface area contributed by atoms with E-state index in [0.29, 0.717) is 16.9 Å². The molecule has 14 nitrogen and oxygen atoms in total. The Labute approximate surface area is 296 Å². The lowest BCUT2D eigenvalue weighted by atomic mass is 9.85. The number of nitrogens with zero attached hydrogens (tertiary/aromatic N) is 8. The Morgan fingerprint density at radius 3 is 2.62 bits per heavy atom. The summed E-state index contributed by atoms with van der Waals surface area (Å²) in [6.07, 6.45) is 1.63. The summed E-state index contributed by atoms with van der Waals surface area (Å²) in [5, 5.41) is 17.0. The van der Waals surface area contributed by atoms with Crippen molar-refractivity contribution in [3.05, 3.63) is 105 Å². The third-order valence-electron chi connectivity index (χ3n) is 9.40. The maximum atomic E-state index is 14.4. The molecule has 52 heavy (non-hydrogen) atoms. The summed E-state index contributed by atoms with van der Waals surface area (Å²) >= 11 is 6.14. The van der Waals surface area contributed by atoms with Crippen molar-refractivity contribution in [3.63, 3.8) is 0 Å². The molecule has 1 saturated heterocycles. The second-order valence-electron chi connectivity index (χ2n) is 12.6. The molecule has 0 bridgehead atoms. The van der Waals surface area contributed by atoms with Crippen molar-refractivity contribution in [3.8, 4) is 17.1 Å². The molecule has 18 heteroatoms. The number of amides is 2. The molecule has 2 aliphatic rings. The fourth-order valence-electron chi connectivity index (χ4n) is 6.98. The van der Waals surface area contributed by atoms with Gasteiger partial charge in [-0.25, -0.2) is 9.97 Å². The molecule has 7 heterocycles. The largest absolute Gasteiger partial charge is 0.505 e. The smallest absolute Gasteiger partial charge is 0.416 e. The monoisotopic (exact) mass is 733 g/mol. The van der Waals surface area contributed by atoms with Gasteiger partial charge in [-0.2, -0.15) is 22.7 Å². The molecule has 266 valence electrons. The highest BCUT2D eigenvalue weighted by atomic mass is 35.5. The maximum Gasteiger partial charge on any atom is 0.416 e. The van der Waals surface area contributed by atoms with Crippen LogP contribution in [0.15, 0.2) is 72.0 Å². The molecule has 2 aliphatic heterocycles. The van der Waals surface area contributed by atoms with Gasteiger partial charge < -0.3 is 29.0 Å². The number of halogens is 4. The predicted molar refractivity (Wildman–Crippen MR) is 179 cm³/mol. The molecular weight excluding hydrogens is 707 g/mol. The molecule has 0 aliphatic carbocycles. The molecule has 1 spiro atoms. The number of aromatic nitrogens is 7. The molecule has 1 atom stereocenters. The van der Waals surface area contributed by atoms with Crippen LogP contribution < -0.4 is 10.9 Å². The number of benzene rings is 1. The SMILES string of the molecule is C[C@H]1OC2(CCN(C(=O)c3ncccc3O)CC2)c2c1n(CC(=O)Nc1ccc(C(F)(F)F)cc1Cl)c1nc(-c3ccn4ccnc4c3)nn1c2=O. The number of alkyl halides is 3. The van der Waals surface area contributed by atoms with Crippen LogP contribution in [0.1, 0.15) is 53.2 Å². The second kappa shape index (κ2) is 12.2. The van der Waals surface area contributed by atoms with Gasteiger partial charge in [-0.1, -0.05) is 11.6 Å². The Kier molecular flexibility index (Phi) is 7.80. The number of imidazole rings is 1. The fraction of sp³-hybridized carbons (Fsp3) is 0.265. The summed E-state index contributed by atoms with van der Waals surface area (Å²) in [4.78, 5) is 55.8. The van der Waals surface area contributed by atoms with Crippen LogP contribution in [0.5, 0.6) is 5.75 Å². The van der Waals surface area contributed by atoms with Crippen LogP contribution in [0.2, 0.25) is 5.02 Å². The van der Waals surface area contributed by atoms with Gasteiger partial charge in [0.15, 0.2) is 11.5 Å². The van der Waals surface area contributed by atoms with E-state index < -0.39 is 47.4 Å². The lowest BCUT2D eigenvalue weighted by Gasteiger charge is -2.39. The van der Waals surface area contributed by atoms with E-state index in [1.54, 1.807) is 42.0 Å². The van der Waals surface area contributed by atoms with Crippen molar-refractivity contribution in [2.75, 3.05) is 18.4 Å². The number of hydrogen-bond donors (Lipinski definition) is 2. The number of anilines is 1. The Balaban J connectivity index is 1.19. The van der Waals surface area contributed by atoms with Gasteiger partial charge in [0, 0.05) is 43.4 Å². The number of carbonyl (C=O) groups excluding carboxylic acids is 2. The number of ether oxygens (including phenoxy) is 1. The van der Waals surface area contributed by atoms with Crippen LogP contribution in [0, 0.1) is 0 Å². The van der Waals surface area contributed by atoms with Crippen molar-refractivity contribution in [2.45, 2.75) is 44.2 Å². The molecule has 0 unspecified atom stereocenters. The van der Waals surface area contributed by atoms with Gasteiger partial charge in [0.1, 0.15) is 23.5 Å². The van der Waals surface area contributed by atoms with Crippen LogP contribution in [0.3, 0.4) is 0 Å². The zero-order valence-corrected chi connectivity index (χ0v) is 27.9. The summed E-state index contributed by atoms with van der Waals surface area (Å²) in [6, 6.07) is 8.98. The minimum atomic E-state index is -4.63. The van der Waals surface area contributed by atoms with E-state index >= 15 is 0 Å². The topological polar surface area (TPSA) is 161 Å². The summed E-state index contributed by atoms with van der Waals surface area (Å²) in [5.41, 5.74) is -0.996. The van der Waals surface area contributed by atoms with E-state index in [-0.39, 0.29) is 65.3 Å². The van der Waals surface area contributed by atoms with Gasteiger partial charge in [-0.3, -0.25) is 14.4 Å². The summed E-state index contributed by atoms with van der Waals surface area (Å²) in [5.74, 6) is -1.17. The summed E-state index contributed by atoms with van der Waals surface area (Å²) in [6.45, 7) is 1.63. The molecule has 6 aromatic rings. The lowest BCUT2D eigenvalue weighted by Crippen LogP contribution is -2.47. The zero-order chi connectivity index (χ0) is 36.5. The van der Waals surface area contributed by atoms with Gasteiger partial charge in [-0.05, 0) is 62.2 Å². The molecule has 0 saturated carbocycles. The summed E-state index contributed by atoms with van der Waals surface area (Å²) in [7, 11) is 0. The minimum absolute atomic E-state index is 0.0290. The van der Waals surface area contributed by atoms with Gasteiger partial charge in [0.05, 0.1) is 33.6 Å². The molecule has 0 radical (unpaired) electrons. The Hall–Kier alpha value is -5.81. The van der Waals surface area contributed by atoms with E-state index in [4.69, 9.17) is 16.3 Å². The van der Waals surface area contributed by atoms with Crippen molar-refractivity contribution >= 4 is 40.5 Å². The first-order valence-corrected chi connectivity index (χ1v) is 16.5. The number of likely N-dealkylation sites (tertiary alicyclic amines) is 1. The average molecular weight is 734 g/mol. The third kappa shape index (κ3) is 5.52. The highest BCUT2D eigenvalue weighted by molar-refractivity contribution is 6.33. The van der Waals surface area contributed by atoms with Crippen LogP contribution in [-0.4, -0.2) is 68.4 Å². The highest BCUT2D eigenvalue weighted by Gasteiger charge is 2.50. The van der Waals surface area contributed by atoms with Crippen LogP contribution in [-0.2, 0) is 27.9 Å². The Morgan fingerprint density at radius 2 is 1.88 bits per heavy atom. The first-order chi connectivity index (χ1) is 24.8. The zero-order valence-electron chi connectivity index (χ0n) is 27.1. The van der Waals surface area contributed by atoms with E-state index in [1.165, 1.54) is 27.8 Å².